The van der Waals surface area contributed by atoms with Crippen molar-refractivity contribution < 1.29 is 15.1 Å². The molecule has 0 unspecified atom stereocenters. The molecule has 8 heteroatoms. The largest absolute Gasteiger partial charge is 0.504 e. The smallest absolute Gasteiger partial charge is 0.315 e. The first-order valence-electron chi connectivity index (χ1n) is 6.18. The number of halogens is 1. The van der Waals surface area contributed by atoms with Gasteiger partial charge in [0.1, 0.15) is 0 Å². The predicted molar refractivity (Wildman–Crippen MR) is 82.4 cm³/mol. The monoisotopic (exact) mass is 321 g/mol. The average Bonchev–Trinajstić information content (AvgIpc) is 2.46. The van der Waals surface area contributed by atoms with E-state index in [0.29, 0.717) is 5.56 Å². The van der Waals surface area contributed by atoms with E-state index in [4.69, 9.17) is 11.6 Å². The molecule has 0 aliphatic carbocycles. The summed E-state index contributed by atoms with van der Waals surface area (Å²) >= 11 is 6.07. The van der Waals surface area contributed by atoms with Gasteiger partial charge in [-0.2, -0.15) is 0 Å². The summed E-state index contributed by atoms with van der Waals surface area (Å²) in [6, 6.07) is 2.93. The fourth-order valence-electron chi connectivity index (χ4n) is 1.98. The van der Waals surface area contributed by atoms with Crippen LogP contribution in [0.4, 0.5) is 11.5 Å². The van der Waals surface area contributed by atoms with Gasteiger partial charge in [-0.15, -0.1) is 0 Å². The first kappa shape index (κ1) is 15.7. The van der Waals surface area contributed by atoms with Crippen LogP contribution in [0.2, 0.25) is 5.02 Å². The van der Waals surface area contributed by atoms with E-state index in [1.54, 1.807) is 6.92 Å². The van der Waals surface area contributed by atoms with Crippen molar-refractivity contribution in [3.8, 4) is 11.5 Å². The molecule has 1 aromatic carbocycles. The van der Waals surface area contributed by atoms with Gasteiger partial charge in [-0.25, -0.2) is 9.98 Å². The van der Waals surface area contributed by atoms with E-state index in [9.17, 15) is 20.3 Å². The van der Waals surface area contributed by atoms with Crippen molar-refractivity contribution in [1.29, 1.82) is 0 Å². The number of aliphatic imine (C=N–C) groups is 1. The molecule has 2 N–H and O–H groups in total. The van der Waals surface area contributed by atoms with E-state index in [-0.39, 0.29) is 27.7 Å². The molecule has 1 aromatic heterocycles. The Bertz CT molecular complexity index is 790. The first-order valence-corrected chi connectivity index (χ1v) is 6.56. The maximum atomic E-state index is 11.1. The number of hydrogen-bond acceptors (Lipinski definition) is 6. The number of aromatic nitrogens is 1. The number of nitro groups is 1. The van der Waals surface area contributed by atoms with Crippen LogP contribution in [-0.2, 0) is 0 Å². The zero-order valence-corrected chi connectivity index (χ0v) is 12.5. The summed E-state index contributed by atoms with van der Waals surface area (Å²) in [5.41, 5.74) is 0.260. The van der Waals surface area contributed by atoms with Crippen molar-refractivity contribution >= 4 is 29.3 Å². The van der Waals surface area contributed by atoms with Gasteiger partial charge < -0.3 is 10.2 Å². The highest BCUT2D eigenvalue weighted by molar-refractivity contribution is 6.33. The third-order valence-electron chi connectivity index (χ3n) is 3.16. The summed E-state index contributed by atoms with van der Waals surface area (Å²) in [6.07, 6.45) is 2.62. The van der Waals surface area contributed by atoms with Crippen LogP contribution in [0.3, 0.4) is 0 Å². The number of phenols is 1. The van der Waals surface area contributed by atoms with Crippen molar-refractivity contribution in [2.24, 2.45) is 4.99 Å². The molecular weight excluding hydrogens is 310 g/mol. The summed E-state index contributed by atoms with van der Waals surface area (Å²) in [5, 5.41) is 31.0. The Labute approximate surface area is 130 Å². The van der Waals surface area contributed by atoms with Crippen molar-refractivity contribution in [1.82, 2.24) is 4.98 Å². The Hall–Kier alpha value is -2.67. The van der Waals surface area contributed by atoms with Crippen molar-refractivity contribution in [2.45, 2.75) is 13.8 Å². The molecule has 0 amide bonds. The fraction of sp³-hybridized carbons (Fsp3) is 0.143. The molecular formula is C14H12ClN3O4. The topological polar surface area (TPSA) is 109 Å². The van der Waals surface area contributed by atoms with Gasteiger partial charge in [0, 0.05) is 23.5 Å². The number of phenolic OH excluding ortho intramolecular Hbond substituents is 1. The lowest BCUT2D eigenvalue weighted by Gasteiger charge is -2.10. The van der Waals surface area contributed by atoms with Gasteiger partial charge in [-0.3, -0.25) is 10.1 Å². The highest BCUT2D eigenvalue weighted by atomic mass is 35.5. The molecule has 0 bridgehead atoms. The lowest BCUT2D eigenvalue weighted by atomic mass is 10.0. The second-order valence-corrected chi connectivity index (χ2v) is 4.91. The molecule has 7 nitrogen and oxygen atoms in total. The number of aromatic hydroxyl groups is 2. The van der Waals surface area contributed by atoms with Crippen LogP contribution >= 0.6 is 11.6 Å². The molecule has 0 atom stereocenters. The van der Waals surface area contributed by atoms with Crippen molar-refractivity contribution in [2.75, 3.05) is 0 Å². The van der Waals surface area contributed by atoms with Crippen LogP contribution < -0.4 is 0 Å². The minimum Gasteiger partial charge on any atom is -0.504 e. The maximum absolute atomic E-state index is 11.1. The van der Waals surface area contributed by atoms with E-state index < -0.39 is 16.4 Å². The third-order valence-corrected chi connectivity index (χ3v) is 3.73. The molecule has 22 heavy (non-hydrogen) atoms. The van der Waals surface area contributed by atoms with Crippen LogP contribution in [0.25, 0.3) is 0 Å². The molecule has 2 rings (SSSR count). The molecule has 0 saturated carbocycles. The van der Waals surface area contributed by atoms with E-state index in [1.165, 1.54) is 31.5 Å². The number of pyridine rings is 1. The Kier molecular flexibility index (Phi) is 4.27. The van der Waals surface area contributed by atoms with Gasteiger partial charge in [0.15, 0.2) is 11.6 Å². The molecule has 0 aliphatic heterocycles. The number of hydrogen-bond donors (Lipinski definition) is 2. The minimum atomic E-state index is -0.703. The molecule has 0 aliphatic rings. The summed E-state index contributed by atoms with van der Waals surface area (Å²) in [7, 11) is 0. The van der Waals surface area contributed by atoms with Crippen LogP contribution in [0, 0.1) is 24.0 Å². The predicted octanol–water partition coefficient (Wildman–Crippen LogP) is 3.42. The molecule has 0 radical (unpaired) electrons. The van der Waals surface area contributed by atoms with Crippen LogP contribution in [-0.4, -0.2) is 26.3 Å². The SMILES string of the molecule is Cc1c(Cl)c(C)c([N+](=O)[O-])c(O)c1C=Nc1ncccc1O. The molecule has 0 saturated heterocycles. The van der Waals surface area contributed by atoms with Gasteiger partial charge in [-0.1, -0.05) is 11.6 Å². The van der Waals surface area contributed by atoms with Gasteiger partial charge in [0.25, 0.3) is 0 Å². The Morgan fingerprint density at radius 1 is 1.36 bits per heavy atom. The Morgan fingerprint density at radius 2 is 2.05 bits per heavy atom. The third kappa shape index (κ3) is 2.71. The second kappa shape index (κ2) is 5.98. The van der Waals surface area contributed by atoms with Crippen LogP contribution in [0.1, 0.15) is 16.7 Å². The molecule has 0 fully saturated rings. The first-order chi connectivity index (χ1) is 10.3. The van der Waals surface area contributed by atoms with Crippen molar-refractivity contribution in [3.05, 3.63) is 50.2 Å². The molecule has 114 valence electrons. The normalized spacial score (nSPS) is 11.0. The average molecular weight is 322 g/mol. The van der Waals surface area contributed by atoms with Crippen LogP contribution in [0.15, 0.2) is 23.3 Å². The molecule has 0 spiro atoms. The minimum absolute atomic E-state index is 0.0284. The summed E-state index contributed by atoms with van der Waals surface area (Å²) in [6.45, 7) is 3.07. The highest BCUT2D eigenvalue weighted by Crippen LogP contribution is 2.40. The number of rotatable bonds is 3. The second-order valence-electron chi connectivity index (χ2n) is 4.54. The standard InChI is InChI=1S/C14H12ClN3O4/c1-7-9(6-17-14-10(19)4-3-5-16-14)13(20)12(18(21)22)8(2)11(7)15/h3-6,19-20H,1-2H3. The van der Waals surface area contributed by atoms with Gasteiger partial charge in [0.2, 0.25) is 5.75 Å². The molecule has 1 heterocycles. The lowest BCUT2D eigenvalue weighted by molar-refractivity contribution is -0.386. The Morgan fingerprint density at radius 3 is 2.64 bits per heavy atom. The lowest BCUT2D eigenvalue weighted by Crippen LogP contribution is -2.00. The van der Waals surface area contributed by atoms with Gasteiger partial charge >= 0.3 is 5.69 Å². The van der Waals surface area contributed by atoms with Gasteiger partial charge in [0.05, 0.1) is 9.95 Å². The Balaban J connectivity index is 2.61. The number of nitro benzene ring substituents is 1. The zero-order chi connectivity index (χ0) is 16.4. The summed E-state index contributed by atoms with van der Waals surface area (Å²) in [4.78, 5) is 18.2. The maximum Gasteiger partial charge on any atom is 0.315 e. The number of nitrogens with zero attached hydrogens (tertiary/aromatic N) is 3. The zero-order valence-electron chi connectivity index (χ0n) is 11.7. The van der Waals surface area contributed by atoms with Gasteiger partial charge in [-0.05, 0) is 31.5 Å². The highest BCUT2D eigenvalue weighted by Gasteiger charge is 2.25. The van der Waals surface area contributed by atoms with Crippen LogP contribution in [0.5, 0.6) is 11.5 Å². The van der Waals surface area contributed by atoms with E-state index >= 15 is 0 Å². The number of benzene rings is 1. The van der Waals surface area contributed by atoms with E-state index in [1.807, 2.05) is 0 Å². The fourth-order valence-corrected chi connectivity index (χ4v) is 2.17. The quantitative estimate of drug-likeness (QED) is 0.511. The summed E-state index contributed by atoms with van der Waals surface area (Å²) < 4.78 is 0. The van der Waals surface area contributed by atoms with E-state index in [2.05, 4.69) is 9.98 Å². The summed E-state index contributed by atoms with van der Waals surface area (Å²) in [5.74, 6) is -0.646. The van der Waals surface area contributed by atoms with Crippen molar-refractivity contribution in [3.63, 3.8) is 0 Å². The molecule has 2 aromatic rings. The van der Waals surface area contributed by atoms with E-state index in [0.717, 1.165) is 0 Å².